The molecule has 0 spiro atoms. The summed E-state index contributed by atoms with van der Waals surface area (Å²) < 4.78 is 62.3. The number of carbonyl (C=O) groups is 5. The molecule has 0 saturated heterocycles. The van der Waals surface area contributed by atoms with Crippen molar-refractivity contribution in [3.05, 3.63) is 272 Å². The number of rotatable bonds is 25. The van der Waals surface area contributed by atoms with Gasteiger partial charge in [0, 0.05) is 19.6 Å². The van der Waals surface area contributed by atoms with E-state index < -0.39 is 79.6 Å². The second kappa shape index (κ2) is 37.7. The lowest BCUT2D eigenvalue weighted by atomic mass is 9.79. The van der Waals surface area contributed by atoms with E-state index in [1.807, 2.05) is 75.4 Å². The Morgan fingerprint density at radius 1 is 0.526 bits per heavy atom. The van der Waals surface area contributed by atoms with Gasteiger partial charge >= 0.3 is 18.2 Å². The van der Waals surface area contributed by atoms with Crippen molar-refractivity contribution in [1.82, 2.24) is 44.7 Å². The second-order valence-corrected chi connectivity index (χ2v) is 34.0. The maximum Gasteiger partial charge on any atom is 0.407 e. The molecule has 0 bridgehead atoms. The van der Waals surface area contributed by atoms with Gasteiger partial charge in [-0.2, -0.15) is 25.8 Å². The van der Waals surface area contributed by atoms with Gasteiger partial charge in [-0.3, -0.25) is 9.59 Å². The van der Waals surface area contributed by atoms with Gasteiger partial charge in [-0.25, -0.2) is 46.1 Å². The number of ether oxygens (including phenoxy) is 2. The zero-order chi connectivity index (χ0) is 83.3. The van der Waals surface area contributed by atoms with E-state index in [4.69, 9.17) is 20.9 Å². The van der Waals surface area contributed by atoms with E-state index in [0.717, 1.165) is 53.5 Å². The molecule has 2 fully saturated rings. The predicted octanol–water partition coefficient (Wildman–Crippen LogP) is 16.6. The summed E-state index contributed by atoms with van der Waals surface area (Å²) in [6.07, 6.45) is 6.45. The van der Waals surface area contributed by atoms with E-state index in [0.29, 0.717) is 87.6 Å². The Morgan fingerprint density at radius 2 is 0.905 bits per heavy atom. The Kier molecular flexibility index (Phi) is 28.7. The molecule has 3 aromatic heterocycles. The van der Waals surface area contributed by atoms with Crippen LogP contribution in [0, 0.1) is 66.9 Å². The number of amides is 4. The molecule has 0 aliphatic heterocycles. The van der Waals surface area contributed by atoms with Crippen molar-refractivity contribution >= 4 is 64.7 Å². The summed E-state index contributed by atoms with van der Waals surface area (Å²) in [7, 11) is -1.55. The van der Waals surface area contributed by atoms with Gasteiger partial charge in [-0.05, 0) is 263 Å². The second-order valence-electron chi connectivity index (χ2n) is 32.0. The van der Waals surface area contributed by atoms with Crippen LogP contribution in [-0.2, 0) is 51.2 Å². The number of hydrogen-bond acceptors (Lipinski definition) is 15. The van der Waals surface area contributed by atoms with Crippen molar-refractivity contribution in [3.8, 4) is 29.2 Å². The van der Waals surface area contributed by atoms with Crippen molar-refractivity contribution in [2.45, 2.75) is 181 Å². The summed E-state index contributed by atoms with van der Waals surface area (Å²) in [6.45, 7) is 22.5. The van der Waals surface area contributed by atoms with Gasteiger partial charge < -0.3 is 47.3 Å². The molecule has 0 radical (unpaired) electrons. The van der Waals surface area contributed by atoms with Gasteiger partial charge in [0.15, 0.2) is 5.69 Å². The first-order valence-corrected chi connectivity index (χ1v) is 39.2. The predicted molar refractivity (Wildman–Crippen MR) is 445 cm³/mol. The summed E-state index contributed by atoms with van der Waals surface area (Å²) in [5.41, 5.74) is 20.0. The average molecular weight is 1620 g/mol. The highest BCUT2D eigenvalue weighted by atomic mass is 35.5. The highest BCUT2D eigenvalue weighted by Crippen LogP contribution is 2.44. The third-order valence-electron chi connectivity index (χ3n) is 19.1. The molecule has 10 N–H and O–H groups in total. The smallest absolute Gasteiger partial charge is 0.407 e. The van der Waals surface area contributed by atoms with Gasteiger partial charge in [0.2, 0.25) is 0 Å². The molecule has 3 atom stereocenters. The Morgan fingerprint density at radius 3 is 1.34 bits per heavy atom. The van der Waals surface area contributed by atoms with Crippen LogP contribution in [0.4, 0.5) is 29.7 Å². The van der Waals surface area contributed by atoms with Crippen molar-refractivity contribution in [2.75, 3.05) is 10.6 Å². The third kappa shape index (κ3) is 23.5. The first kappa shape index (κ1) is 88.2. The number of nitriles is 2. The number of hydrogen-bond donors (Lipinski definition) is 8. The van der Waals surface area contributed by atoms with Gasteiger partial charge in [-0.1, -0.05) is 98.5 Å². The fraction of sp³-hybridized carbons (Fsp3) is 0.341. The van der Waals surface area contributed by atoms with Crippen molar-refractivity contribution in [3.63, 3.8) is 0 Å². The van der Waals surface area contributed by atoms with E-state index in [1.54, 1.807) is 165 Å². The van der Waals surface area contributed by atoms with E-state index in [-0.39, 0.29) is 54.0 Å². The monoisotopic (exact) mass is 1620 g/mol. The first-order valence-electron chi connectivity index (χ1n) is 38.0. The summed E-state index contributed by atoms with van der Waals surface area (Å²) >= 11 is 0. The lowest BCUT2D eigenvalue weighted by Crippen LogP contribution is -2.49. The minimum atomic E-state index is -1.55. The number of nitrogens with two attached hydrogens (primary N) is 2. The highest BCUT2D eigenvalue weighted by molar-refractivity contribution is 7.84. The van der Waals surface area contributed by atoms with E-state index in [1.165, 1.54) is 45.1 Å². The molecule has 7 aromatic carbocycles. The van der Waals surface area contributed by atoms with Gasteiger partial charge in [0.05, 0.1) is 95.6 Å². The molecule has 3 heterocycles. The number of aromatic nitrogens is 6. The van der Waals surface area contributed by atoms with Crippen LogP contribution < -0.4 is 37.5 Å². The molecule has 116 heavy (non-hydrogen) atoms. The average Bonchev–Trinajstić information content (AvgIpc) is 0.938. The lowest BCUT2D eigenvalue weighted by Gasteiger charge is -2.38. The van der Waals surface area contributed by atoms with Crippen LogP contribution in [0.2, 0.25) is 0 Å². The SMILES string of the molecule is Cc1cc(C(=O)Nc2cc(C(CCC3CC3)(N[S@](=O)C(C)(C)C)c3cccc(C#N)c3)ccc2F)n(-c2cccc(CNC(=O)OC(C)(C)C)c2)n1.Cc1cc(C(=O)Nc2cc(C(N)(CCC3CC3)c3cccc(C#N)c3)ccc2F)n(-c2cccc(CN)c2)n1.Cc1cc(C(=O)O)n(-c2cccc(CNC(=O)OC(C)(C)C)c2)n1.Cl. The number of aryl methyl sites for hydroxylation is 3. The first-order chi connectivity index (χ1) is 54.4. The van der Waals surface area contributed by atoms with Crippen LogP contribution in [0.25, 0.3) is 17.1 Å². The molecular formula is C88H100ClF2N15O9S. The molecule has 12 rings (SSSR count). The molecule has 2 unspecified atom stereocenters. The van der Waals surface area contributed by atoms with Crippen LogP contribution in [0.15, 0.2) is 176 Å². The summed E-state index contributed by atoms with van der Waals surface area (Å²) in [6, 6.07) is 54.5. The molecule has 24 nitrogen and oxygen atoms in total. The number of benzene rings is 7. The van der Waals surface area contributed by atoms with Crippen molar-refractivity contribution < 1.29 is 51.5 Å². The van der Waals surface area contributed by atoms with Gasteiger partial charge in [0.25, 0.3) is 11.8 Å². The minimum absolute atomic E-state index is 0. The number of aromatic carboxylic acids is 1. The van der Waals surface area contributed by atoms with E-state index in [9.17, 15) is 43.8 Å². The number of carboxylic acids is 1. The van der Waals surface area contributed by atoms with E-state index >= 15 is 8.78 Å². The van der Waals surface area contributed by atoms with Gasteiger partial charge in [-0.15, -0.1) is 12.4 Å². The number of halogens is 3. The maximum atomic E-state index is 15.7. The zero-order valence-electron chi connectivity index (χ0n) is 67.2. The Balaban J connectivity index is 0.000000211. The quantitative estimate of drug-likeness (QED) is 0.0263. The van der Waals surface area contributed by atoms with E-state index in [2.05, 4.69) is 53.4 Å². The molecule has 4 amide bonds. The maximum absolute atomic E-state index is 15.7. The number of nitrogens with one attached hydrogen (secondary N) is 5. The number of alkyl carbamates (subject to hydrolysis) is 2. The molecule has 28 heteroatoms. The summed E-state index contributed by atoms with van der Waals surface area (Å²) in [5, 5.41) is 52.6. The Bertz CT molecular complexity index is 5350. The number of anilines is 2. The third-order valence-corrected chi connectivity index (χ3v) is 20.7. The van der Waals surface area contributed by atoms with Crippen LogP contribution in [0.5, 0.6) is 0 Å². The number of carboxylic acid groups (broad SMARTS) is 1. The normalized spacial score (nSPS) is 13.8. The lowest BCUT2D eigenvalue weighted by molar-refractivity contribution is 0.0512. The fourth-order valence-electron chi connectivity index (χ4n) is 12.9. The van der Waals surface area contributed by atoms with Gasteiger partial charge in [0.1, 0.15) is 34.2 Å². The highest BCUT2D eigenvalue weighted by Gasteiger charge is 2.41. The summed E-state index contributed by atoms with van der Waals surface area (Å²) in [5.74, 6) is -2.20. The fourth-order valence-corrected chi connectivity index (χ4v) is 13.8. The molecule has 2 aliphatic carbocycles. The molecule has 608 valence electrons. The van der Waals surface area contributed by atoms with Crippen LogP contribution in [0.3, 0.4) is 0 Å². The number of carbonyl (C=O) groups excluding carboxylic acids is 4. The zero-order valence-corrected chi connectivity index (χ0v) is 68.8. The summed E-state index contributed by atoms with van der Waals surface area (Å²) in [4.78, 5) is 62.6. The topological polar surface area (TPSA) is 354 Å². The molecule has 2 saturated carbocycles. The standard InChI is InChI=1S/C40H47FN6O4S.C31H31FN6O.C17H21N3O4.ClH/c1-26-20-35(47(45-26)32-13-9-11-29(22-32)25-43-37(49)51-38(2,3)4)36(48)44-34-23-31(16-17-33(34)41)40(19-18-27-14-15-27,46-52(50)39(5,6)7)30-12-8-10-28(21-30)24-42;1-20-14-29(38(37-20)26-7-3-5-23(16-26)19-34)30(39)36-28-17-25(10-11-27(28)32)31(35,13-12-21-8-9-21)24-6-2-4-22(15-24)18-33;1-11-8-14(15(21)22)20(19-11)13-7-5-6-12(9-13)10-18-16(23)24-17(2,3)4;/h8-13,16-17,20-23,27,46H,14-15,18-19,25H2,1-7H3,(H,43,49)(H,44,48);2-7,10-11,14-17,21H,8-9,12-13,19,34-35H2,1H3,(H,36,39);5-9H,10H2,1-4H3,(H,18,23)(H,21,22);1H/t40?,52-;;;/m1.../s1. The van der Waals surface area contributed by atoms with Crippen molar-refractivity contribution in [2.24, 2.45) is 23.3 Å². The van der Waals surface area contributed by atoms with Crippen LogP contribution in [0.1, 0.15) is 212 Å². The largest absolute Gasteiger partial charge is 0.477 e. The van der Waals surface area contributed by atoms with Crippen LogP contribution in [-0.4, -0.2) is 84.6 Å². The van der Waals surface area contributed by atoms with Crippen molar-refractivity contribution in [1.29, 1.82) is 10.5 Å². The molecular weight excluding hydrogens is 1520 g/mol. The molecule has 10 aromatic rings. The number of nitrogens with zero attached hydrogens (tertiary/aromatic N) is 8. The Labute approximate surface area is 683 Å². The van der Waals surface area contributed by atoms with Crippen LogP contribution >= 0.6 is 12.4 Å². The molecule has 2 aliphatic rings. The Hall–Kier alpha value is -11.7. The minimum Gasteiger partial charge on any atom is -0.477 e.